The van der Waals surface area contributed by atoms with E-state index in [1.165, 1.54) is 0 Å². The number of primary amides is 1. The second-order valence-electron chi connectivity index (χ2n) is 5.47. The first-order chi connectivity index (χ1) is 11.0. The SMILES string of the molecule is CC(C)c1cccc(OCC(=O)Nc2ccccc2C(N)=O)c1. The molecule has 23 heavy (non-hydrogen) atoms. The molecule has 120 valence electrons. The summed E-state index contributed by atoms with van der Waals surface area (Å²) in [6.07, 6.45) is 0. The summed E-state index contributed by atoms with van der Waals surface area (Å²) in [5.41, 5.74) is 7.07. The van der Waals surface area contributed by atoms with Crippen molar-refractivity contribution in [3.63, 3.8) is 0 Å². The highest BCUT2D eigenvalue weighted by molar-refractivity contribution is 6.03. The van der Waals surface area contributed by atoms with E-state index >= 15 is 0 Å². The predicted octanol–water partition coefficient (Wildman–Crippen LogP) is 2.93. The summed E-state index contributed by atoms with van der Waals surface area (Å²) < 4.78 is 5.50. The lowest BCUT2D eigenvalue weighted by Crippen LogP contribution is -2.22. The predicted molar refractivity (Wildman–Crippen MR) is 89.6 cm³/mol. The number of rotatable bonds is 6. The second-order valence-corrected chi connectivity index (χ2v) is 5.47. The van der Waals surface area contributed by atoms with Crippen LogP contribution in [0.5, 0.6) is 5.75 Å². The molecule has 0 radical (unpaired) electrons. The molecule has 0 aliphatic rings. The van der Waals surface area contributed by atoms with Crippen molar-refractivity contribution in [2.24, 2.45) is 5.73 Å². The number of benzene rings is 2. The van der Waals surface area contributed by atoms with Crippen LogP contribution in [0.2, 0.25) is 0 Å². The summed E-state index contributed by atoms with van der Waals surface area (Å²) in [7, 11) is 0. The highest BCUT2D eigenvalue weighted by atomic mass is 16.5. The molecule has 5 heteroatoms. The third kappa shape index (κ3) is 4.57. The van der Waals surface area contributed by atoms with Crippen LogP contribution in [-0.4, -0.2) is 18.4 Å². The van der Waals surface area contributed by atoms with Gasteiger partial charge in [0, 0.05) is 0 Å². The minimum absolute atomic E-state index is 0.144. The molecule has 0 spiro atoms. The average molecular weight is 312 g/mol. The number of ether oxygens (including phenoxy) is 1. The molecule has 2 aromatic rings. The highest BCUT2D eigenvalue weighted by Crippen LogP contribution is 2.20. The van der Waals surface area contributed by atoms with Gasteiger partial charge in [-0.15, -0.1) is 0 Å². The largest absolute Gasteiger partial charge is 0.484 e. The number of nitrogens with two attached hydrogens (primary N) is 1. The molecule has 0 atom stereocenters. The van der Waals surface area contributed by atoms with Gasteiger partial charge in [0.05, 0.1) is 11.3 Å². The Hall–Kier alpha value is -2.82. The molecule has 0 saturated carbocycles. The first-order valence-corrected chi connectivity index (χ1v) is 7.39. The first kappa shape index (κ1) is 16.5. The van der Waals surface area contributed by atoms with E-state index in [0.29, 0.717) is 17.4 Å². The lowest BCUT2D eigenvalue weighted by molar-refractivity contribution is -0.118. The van der Waals surface area contributed by atoms with Crippen LogP contribution >= 0.6 is 0 Å². The van der Waals surface area contributed by atoms with Crippen LogP contribution in [0.4, 0.5) is 5.69 Å². The van der Waals surface area contributed by atoms with Crippen molar-refractivity contribution in [1.82, 2.24) is 0 Å². The number of carbonyl (C=O) groups excluding carboxylic acids is 2. The Morgan fingerprint density at radius 1 is 1.13 bits per heavy atom. The van der Waals surface area contributed by atoms with E-state index in [9.17, 15) is 9.59 Å². The minimum Gasteiger partial charge on any atom is -0.484 e. The van der Waals surface area contributed by atoms with E-state index in [1.807, 2.05) is 18.2 Å². The van der Waals surface area contributed by atoms with Gasteiger partial charge in [0.1, 0.15) is 5.75 Å². The Balaban J connectivity index is 1.98. The Labute approximate surface area is 135 Å². The fourth-order valence-electron chi connectivity index (χ4n) is 2.11. The molecule has 5 nitrogen and oxygen atoms in total. The zero-order valence-electron chi connectivity index (χ0n) is 13.2. The third-order valence-electron chi connectivity index (χ3n) is 3.36. The van der Waals surface area contributed by atoms with Crippen LogP contribution in [0, 0.1) is 0 Å². The van der Waals surface area contributed by atoms with Crippen LogP contribution < -0.4 is 15.8 Å². The van der Waals surface area contributed by atoms with Gasteiger partial charge in [-0.1, -0.05) is 38.1 Å². The average Bonchev–Trinajstić information content (AvgIpc) is 2.53. The summed E-state index contributed by atoms with van der Waals surface area (Å²) in [5.74, 6) is 0.0736. The maximum Gasteiger partial charge on any atom is 0.262 e. The highest BCUT2D eigenvalue weighted by Gasteiger charge is 2.11. The summed E-state index contributed by atoms with van der Waals surface area (Å²) in [6.45, 7) is 4.04. The summed E-state index contributed by atoms with van der Waals surface area (Å²) in [4.78, 5) is 23.3. The molecule has 0 unspecified atom stereocenters. The topological polar surface area (TPSA) is 81.4 Å². The van der Waals surface area contributed by atoms with E-state index in [4.69, 9.17) is 10.5 Å². The van der Waals surface area contributed by atoms with Gasteiger partial charge in [-0.05, 0) is 35.7 Å². The molecule has 0 aromatic heterocycles. The fourth-order valence-corrected chi connectivity index (χ4v) is 2.11. The maximum atomic E-state index is 12.0. The summed E-state index contributed by atoms with van der Waals surface area (Å²) in [6, 6.07) is 14.2. The third-order valence-corrected chi connectivity index (χ3v) is 3.36. The molecule has 2 aromatic carbocycles. The molecule has 0 fully saturated rings. The zero-order valence-corrected chi connectivity index (χ0v) is 13.2. The number of carbonyl (C=O) groups is 2. The monoisotopic (exact) mass is 312 g/mol. The van der Waals surface area contributed by atoms with Crippen LogP contribution in [0.25, 0.3) is 0 Å². The van der Waals surface area contributed by atoms with E-state index in [1.54, 1.807) is 30.3 Å². The summed E-state index contributed by atoms with van der Waals surface area (Å²) in [5, 5.41) is 2.63. The number of amides is 2. The molecule has 2 rings (SSSR count). The Kier molecular flexibility index (Phi) is 5.36. The zero-order chi connectivity index (χ0) is 16.8. The van der Waals surface area contributed by atoms with Gasteiger partial charge in [0.15, 0.2) is 6.61 Å². The van der Waals surface area contributed by atoms with Crippen molar-refractivity contribution < 1.29 is 14.3 Å². The number of hydrogen-bond donors (Lipinski definition) is 2. The van der Waals surface area contributed by atoms with Gasteiger partial charge in [0.2, 0.25) is 0 Å². The molecule has 2 amide bonds. The molecule has 0 aliphatic carbocycles. The Morgan fingerprint density at radius 3 is 2.57 bits per heavy atom. The van der Waals surface area contributed by atoms with Crippen molar-refractivity contribution >= 4 is 17.5 Å². The van der Waals surface area contributed by atoms with Gasteiger partial charge in [-0.2, -0.15) is 0 Å². The number of para-hydroxylation sites is 1. The van der Waals surface area contributed by atoms with Crippen molar-refractivity contribution in [2.75, 3.05) is 11.9 Å². The van der Waals surface area contributed by atoms with Gasteiger partial charge in [-0.3, -0.25) is 9.59 Å². The lowest BCUT2D eigenvalue weighted by Gasteiger charge is -2.11. The fraction of sp³-hybridized carbons (Fsp3) is 0.222. The maximum absolute atomic E-state index is 12.0. The molecule has 3 N–H and O–H groups in total. The van der Waals surface area contributed by atoms with Crippen LogP contribution in [-0.2, 0) is 4.79 Å². The molecular formula is C18H20N2O3. The molecule has 0 aliphatic heterocycles. The number of nitrogens with one attached hydrogen (secondary N) is 1. The Bertz CT molecular complexity index is 711. The molecule has 0 heterocycles. The number of anilines is 1. The normalized spacial score (nSPS) is 10.4. The lowest BCUT2D eigenvalue weighted by atomic mass is 10.0. The van der Waals surface area contributed by atoms with Gasteiger partial charge >= 0.3 is 0 Å². The van der Waals surface area contributed by atoms with Crippen molar-refractivity contribution in [3.8, 4) is 5.75 Å². The van der Waals surface area contributed by atoms with E-state index < -0.39 is 5.91 Å². The van der Waals surface area contributed by atoms with E-state index in [2.05, 4.69) is 19.2 Å². The van der Waals surface area contributed by atoms with Gasteiger partial charge in [0.25, 0.3) is 11.8 Å². The van der Waals surface area contributed by atoms with Crippen molar-refractivity contribution in [2.45, 2.75) is 19.8 Å². The summed E-state index contributed by atoms with van der Waals surface area (Å²) >= 11 is 0. The standard InChI is InChI=1S/C18H20N2O3/c1-12(2)13-6-5-7-14(10-13)23-11-17(21)20-16-9-4-3-8-15(16)18(19)22/h3-10,12H,11H2,1-2H3,(H2,19,22)(H,20,21). The van der Waals surface area contributed by atoms with Crippen molar-refractivity contribution in [1.29, 1.82) is 0 Å². The molecular weight excluding hydrogens is 292 g/mol. The Morgan fingerprint density at radius 2 is 1.87 bits per heavy atom. The smallest absolute Gasteiger partial charge is 0.262 e. The van der Waals surface area contributed by atoms with Crippen molar-refractivity contribution in [3.05, 3.63) is 59.7 Å². The van der Waals surface area contributed by atoms with Crippen LogP contribution in [0.15, 0.2) is 48.5 Å². The minimum atomic E-state index is -0.591. The first-order valence-electron chi connectivity index (χ1n) is 7.39. The van der Waals surface area contributed by atoms with E-state index in [-0.39, 0.29) is 18.1 Å². The van der Waals surface area contributed by atoms with Gasteiger partial charge < -0.3 is 15.8 Å². The quantitative estimate of drug-likeness (QED) is 0.860. The van der Waals surface area contributed by atoms with E-state index in [0.717, 1.165) is 5.56 Å². The van der Waals surface area contributed by atoms with Crippen LogP contribution in [0.3, 0.4) is 0 Å². The molecule has 0 saturated heterocycles. The number of hydrogen-bond acceptors (Lipinski definition) is 3. The van der Waals surface area contributed by atoms with Crippen LogP contribution in [0.1, 0.15) is 35.7 Å². The molecule has 0 bridgehead atoms. The van der Waals surface area contributed by atoms with Gasteiger partial charge in [-0.25, -0.2) is 0 Å². The second kappa shape index (κ2) is 7.45.